The molecule has 0 saturated carbocycles. The lowest BCUT2D eigenvalue weighted by atomic mass is 10.1. The molecule has 1 rings (SSSR count). The average molecular weight is 395 g/mol. The Kier molecular flexibility index (Phi) is 9.49. The fourth-order valence-corrected chi connectivity index (χ4v) is 2.35. The summed E-state index contributed by atoms with van der Waals surface area (Å²) >= 11 is 0. The van der Waals surface area contributed by atoms with Crippen LogP contribution in [0.25, 0.3) is 0 Å². The van der Waals surface area contributed by atoms with Gasteiger partial charge in [0, 0.05) is 5.69 Å². The Bertz CT molecular complexity index is 668. The monoisotopic (exact) mass is 395 g/mol. The summed E-state index contributed by atoms with van der Waals surface area (Å²) in [4.78, 5) is 50.4. The van der Waals surface area contributed by atoms with E-state index in [9.17, 15) is 19.2 Å². The summed E-state index contributed by atoms with van der Waals surface area (Å²) in [5.41, 5.74) is 0.196. The highest BCUT2D eigenvalue weighted by atomic mass is 16.6. The number of amides is 1. The van der Waals surface area contributed by atoms with Crippen molar-refractivity contribution in [2.24, 2.45) is 0 Å². The van der Waals surface area contributed by atoms with Gasteiger partial charge in [0.25, 0.3) is 0 Å². The van der Waals surface area contributed by atoms with Crippen LogP contribution in [0.3, 0.4) is 0 Å². The first-order valence-corrected chi connectivity index (χ1v) is 8.84. The average Bonchev–Trinajstić information content (AvgIpc) is 2.66. The van der Waals surface area contributed by atoms with E-state index in [1.54, 1.807) is 32.9 Å². The summed E-state index contributed by atoms with van der Waals surface area (Å²) in [6.45, 7) is 4.82. The molecule has 154 valence electrons. The molecule has 0 spiro atoms. The summed E-state index contributed by atoms with van der Waals surface area (Å²) in [5, 5.41) is 0. The van der Waals surface area contributed by atoms with Gasteiger partial charge in [-0.05, 0) is 45.0 Å². The quantitative estimate of drug-likeness (QED) is 0.333. The van der Waals surface area contributed by atoms with Gasteiger partial charge in [0.1, 0.15) is 12.2 Å². The minimum atomic E-state index is -1.70. The highest BCUT2D eigenvalue weighted by Gasteiger charge is 2.40. The molecule has 0 fully saturated rings. The van der Waals surface area contributed by atoms with Gasteiger partial charge in [0.15, 0.2) is 0 Å². The van der Waals surface area contributed by atoms with E-state index in [0.717, 1.165) is 4.90 Å². The van der Waals surface area contributed by atoms with Crippen molar-refractivity contribution in [3.8, 4) is 5.75 Å². The van der Waals surface area contributed by atoms with Gasteiger partial charge >= 0.3 is 17.9 Å². The molecular weight excluding hydrogens is 370 g/mol. The van der Waals surface area contributed by atoms with Gasteiger partial charge in [-0.15, -0.1) is 0 Å². The number of rotatable bonds is 10. The predicted octanol–water partition coefficient (Wildman–Crippen LogP) is 1.48. The molecule has 1 aromatic carbocycles. The van der Waals surface area contributed by atoms with E-state index in [-0.39, 0.29) is 25.5 Å². The third-order valence-electron chi connectivity index (χ3n) is 3.50. The molecule has 1 aromatic rings. The zero-order valence-electron chi connectivity index (χ0n) is 16.4. The number of nitrogens with zero attached hydrogens (tertiary/aromatic N) is 1. The van der Waals surface area contributed by atoms with Gasteiger partial charge in [0.2, 0.25) is 11.9 Å². The molecule has 0 bridgehead atoms. The Balaban J connectivity index is 3.37. The SMILES string of the molecule is CCOC(=O)CC(=O)N(c1ccc(OC)cc1)C(C(=O)OCC)C(=O)OCC. The van der Waals surface area contributed by atoms with Gasteiger partial charge in [-0.2, -0.15) is 0 Å². The molecule has 0 aliphatic rings. The van der Waals surface area contributed by atoms with E-state index in [1.165, 1.54) is 19.2 Å². The number of carbonyl (C=O) groups excluding carboxylic acids is 4. The van der Waals surface area contributed by atoms with Crippen molar-refractivity contribution in [1.82, 2.24) is 0 Å². The summed E-state index contributed by atoms with van der Waals surface area (Å²) in [5.74, 6) is -3.01. The number of ether oxygens (including phenoxy) is 4. The lowest BCUT2D eigenvalue weighted by Gasteiger charge is -2.28. The van der Waals surface area contributed by atoms with Crippen LogP contribution in [0.5, 0.6) is 5.75 Å². The van der Waals surface area contributed by atoms with Gasteiger partial charge in [-0.1, -0.05) is 0 Å². The molecule has 28 heavy (non-hydrogen) atoms. The molecule has 0 aliphatic heterocycles. The first-order chi connectivity index (χ1) is 13.4. The highest BCUT2D eigenvalue weighted by molar-refractivity contribution is 6.13. The smallest absolute Gasteiger partial charge is 0.341 e. The number of hydrogen-bond acceptors (Lipinski definition) is 8. The van der Waals surface area contributed by atoms with Gasteiger partial charge < -0.3 is 18.9 Å². The van der Waals surface area contributed by atoms with Crippen molar-refractivity contribution < 1.29 is 38.1 Å². The number of methoxy groups -OCH3 is 1. The van der Waals surface area contributed by atoms with Gasteiger partial charge in [-0.25, -0.2) is 9.59 Å². The van der Waals surface area contributed by atoms with Crippen molar-refractivity contribution in [2.75, 3.05) is 31.8 Å². The molecule has 9 heteroatoms. The van der Waals surface area contributed by atoms with Gasteiger partial charge in [0.05, 0.1) is 26.9 Å². The minimum Gasteiger partial charge on any atom is -0.497 e. The van der Waals surface area contributed by atoms with Crippen molar-refractivity contribution in [3.05, 3.63) is 24.3 Å². The zero-order chi connectivity index (χ0) is 21.1. The molecule has 0 atom stereocenters. The standard InChI is InChI=1S/C19H25NO8/c1-5-26-16(22)12-15(21)20(13-8-10-14(25-4)11-9-13)17(18(23)27-6-2)19(24)28-7-3/h8-11,17H,5-7,12H2,1-4H3. The first kappa shape index (κ1) is 22.9. The molecule has 0 saturated heterocycles. The van der Waals surface area contributed by atoms with Crippen molar-refractivity contribution in [3.63, 3.8) is 0 Å². The summed E-state index contributed by atoms with van der Waals surface area (Å²) in [6.07, 6.45) is -0.658. The lowest BCUT2D eigenvalue weighted by Crippen LogP contribution is -2.52. The van der Waals surface area contributed by atoms with E-state index >= 15 is 0 Å². The van der Waals surface area contributed by atoms with E-state index in [0.29, 0.717) is 5.75 Å². The third-order valence-corrected chi connectivity index (χ3v) is 3.50. The molecule has 0 N–H and O–H groups in total. The largest absolute Gasteiger partial charge is 0.497 e. The van der Waals surface area contributed by atoms with Crippen molar-refractivity contribution in [1.29, 1.82) is 0 Å². The number of esters is 3. The maximum Gasteiger partial charge on any atom is 0.341 e. The second kappa shape index (κ2) is 11.6. The van der Waals surface area contributed by atoms with Crippen LogP contribution in [-0.4, -0.2) is 56.8 Å². The van der Waals surface area contributed by atoms with E-state index < -0.39 is 36.3 Å². The predicted molar refractivity (Wildman–Crippen MR) is 98.8 cm³/mol. The molecule has 0 radical (unpaired) electrons. The third kappa shape index (κ3) is 6.26. The fourth-order valence-electron chi connectivity index (χ4n) is 2.35. The van der Waals surface area contributed by atoms with E-state index in [2.05, 4.69) is 0 Å². The van der Waals surface area contributed by atoms with Crippen LogP contribution in [0, 0.1) is 0 Å². The number of hydrogen-bond donors (Lipinski definition) is 0. The van der Waals surface area contributed by atoms with Crippen LogP contribution < -0.4 is 9.64 Å². The van der Waals surface area contributed by atoms with Crippen LogP contribution in [0.1, 0.15) is 27.2 Å². The summed E-state index contributed by atoms with van der Waals surface area (Å²) in [7, 11) is 1.47. The molecule has 0 aliphatic carbocycles. The Morgan fingerprint density at radius 1 is 0.857 bits per heavy atom. The molecular formula is C19H25NO8. The molecule has 0 aromatic heterocycles. The van der Waals surface area contributed by atoms with E-state index in [1.807, 2.05) is 0 Å². The Morgan fingerprint density at radius 2 is 1.36 bits per heavy atom. The van der Waals surface area contributed by atoms with Crippen molar-refractivity contribution in [2.45, 2.75) is 33.2 Å². The number of benzene rings is 1. The summed E-state index contributed by atoms with van der Waals surface area (Å²) in [6, 6.07) is 4.36. The number of carbonyl (C=O) groups is 4. The molecule has 1 amide bonds. The Hall–Kier alpha value is -3.10. The second-order valence-electron chi connectivity index (χ2n) is 5.35. The normalized spacial score (nSPS) is 10.2. The first-order valence-electron chi connectivity index (χ1n) is 8.84. The van der Waals surface area contributed by atoms with Crippen LogP contribution in [0.4, 0.5) is 5.69 Å². The number of anilines is 1. The highest BCUT2D eigenvalue weighted by Crippen LogP contribution is 2.23. The molecule has 9 nitrogen and oxygen atoms in total. The zero-order valence-corrected chi connectivity index (χ0v) is 16.4. The van der Waals surface area contributed by atoms with Crippen molar-refractivity contribution >= 4 is 29.5 Å². The van der Waals surface area contributed by atoms with Gasteiger partial charge in [-0.3, -0.25) is 14.5 Å². The Morgan fingerprint density at radius 3 is 1.79 bits per heavy atom. The van der Waals surface area contributed by atoms with Crippen LogP contribution in [0.15, 0.2) is 24.3 Å². The maximum absolute atomic E-state index is 12.8. The van der Waals surface area contributed by atoms with E-state index in [4.69, 9.17) is 18.9 Å². The van der Waals surface area contributed by atoms with Crippen LogP contribution in [0.2, 0.25) is 0 Å². The molecule has 0 unspecified atom stereocenters. The van der Waals surface area contributed by atoms with Crippen LogP contribution in [-0.2, 0) is 33.4 Å². The molecule has 0 heterocycles. The second-order valence-corrected chi connectivity index (χ2v) is 5.35. The fraction of sp³-hybridized carbons (Fsp3) is 0.474. The summed E-state index contributed by atoms with van der Waals surface area (Å²) < 4.78 is 19.8. The van der Waals surface area contributed by atoms with Crippen LogP contribution >= 0.6 is 0 Å². The Labute approximate surface area is 163 Å². The lowest BCUT2D eigenvalue weighted by molar-refractivity contribution is -0.158. The minimum absolute atomic E-state index is 0.00272. The maximum atomic E-state index is 12.8. The topological polar surface area (TPSA) is 108 Å².